The van der Waals surface area contributed by atoms with Gasteiger partial charge in [-0.3, -0.25) is 0 Å². The summed E-state index contributed by atoms with van der Waals surface area (Å²) in [6.45, 7) is 0. The Kier molecular flexibility index (Phi) is 4.63. The predicted molar refractivity (Wildman–Crippen MR) is 100 cm³/mol. The molecule has 0 saturated carbocycles. The fraction of sp³-hybridized carbons (Fsp3) is 0.0500. The number of benzene rings is 3. The van der Waals surface area contributed by atoms with E-state index in [0.717, 1.165) is 11.1 Å². The summed E-state index contributed by atoms with van der Waals surface area (Å²) in [5, 5.41) is 2.36. The Morgan fingerprint density at radius 2 is 1.65 bits per heavy atom. The number of hydrogen-bond acceptors (Lipinski definition) is 2. The lowest BCUT2D eigenvalue weighted by Gasteiger charge is -2.03. The second-order valence-corrected chi connectivity index (χ2v) is 6.12. The van der Waals surface area contributed by atoms with E-state index < -0.39 is 0 Å². The van der Waals surface area contributed by atoms with Crippen LogP contribution in [0.15, 0.2) is 60.7 Å². The Balaban J connectivity index is 1.98. The SMILES string of the molecule is COC(=O)c1ccc(C#Cc2cccc3cccc(I)c23)cc1. The summed E-state index contributed by atoms with van der Waals surface area (Å²) in [4.78, 5) is 11.4. The van der Waals surface area contributed by atoms with E-state index in [1.807, 2.05) is 30.3 Å². The monoisotopic (exact) mass is 412 g/mol. The van der Waals surface area contributed by atoms with Gasteiger partial charge in [0.2, 0.25) is 0 Å². The smallest absolute Gasteiger partial charge is 0.337 e. The first-order valence-electron chi connectivity index (χ1n) is 7.06. The van der Waals surface area contributed by atoms with Crippen molar-refractivity contribution in [3.63, 3.8) is 0 Å². The van der Waals surface area contributed by atoms with E-state index >= 15 is 0 Å². The van der Waals surface area contributed by atoms with Crippen LogP contribution in [0.25, 0.3) is 10.8 Å². The van der Waals surface area contributed by atoms with Crippen LogP contribution in [0.4, 0.5) is 0 Å². The van der Waals surface area contributed by atoms with E-state index in [4.69, 9.17) is 4.74 Å². The molecular weight excluding hydrogens is 399 g/mol. The van der Waals surface area contributed by atoms with Crippen molar-refractivity contribution < 1.29 is 9.53 Å². The number of fused-ring (bicyclic) bond motifs is 1. The summed E-state index contributed by atoms with van der Waals surface area (Å²) in [6, 6.07) is 19.5. The molecule has 3 aromatic rings. The molecule has 3 rings (SSSR count). The lowest BCUT2D eigenvalue weighted by Crippen LogP contribution is -2.00. The van der Waals surface area contributed by atoms with Crippen LogP contribution in [-0.4, -0.2) is 13.1 Å². The Morgan fingerprint density at radius 1 is 0.957 bits per heavy atom. The van der Waals surface area contributed by atoms with E-state index in [9.17, 15) is 4.79 Å². The molecule has 0 fully saturated rings. The molecule has 0 saturated heterocycles. The molecule has 3 aromatic carbocycles. The number of ether oxygens (including phenoxy) is 1. The van der Waals surface area contributed by atoms with Crippen molar-refractivity contribution >= 4 is 39.3 Å². The van der Waals surface area contributed by atoms with Crippen LogP contribution in [0.3, 0.4) is 0 Å². The molecule has 0 heterocycles. The second-order valence-electron chi connectivity index (χ2n) is 4.96. The van der Waals surface area contributed by atoms with Gasteiger partial charge in [0.1, 0.15) is 0 Å². The van der Waals surface area contributed by atoms with E-state index in [0.29, 0.717) is 5.56 Å². The predicted octanol–water partition coefficient (Wildman–Crippen LogP) is 4.63. The second kappa shape index (κ2) is 6.84. The molecule has 0 aliphatic rings. The fourth-order valence-electron chi connectivity index (χ4n) is 2.35. The Labute approximate surface area is 148 Å². The minimum absolute atomic E-state index is 0.340. The number of esters is 1. The molecule has 0 bridgehead atoms. The number of carbonyl (C=O) groups excluding carboxylic acids is 1. The molecule has 0 radical (unpaired) electrons. The third-order valence-corrected chi connectivity index (χ3v) is 4.40. The molecule has 0 atom stereocenters. The number of carbonyl (C=O) groups is 1. The maximum atomic E-state index is 11.4. The van der Waals surface area contributed by atoms with Gasteiger partial charge < -0.3 is 4.74 Å². The zero-order valence-electron chi connectivity index (χ0n) is 12.5. The minimum Gasteiger partial charge on any atom is -0.465 e. The molecule has 23 heavy (non-hydrogen) atoms. The molecular formula is C20H13IO2. The topological polar surface area (TPSA) is 26.3 Å². The zero-order valence-corrected chi connectivity index (χ0v) is 14.6. The molecule has 0 N–H and O–H groups in total. The van der Waals surface area contributed by atoms with Gasteiger partial charge in [-0.05, 0) is 64.4 Å². The Hall–Kier alpha value is -2.32. The van der Waals surface area contributed by atoms with Crippen LogP contribution in [0.1, 0.15) is 21.5 Å². The average Bonchev–Trinajstić information content (AvgIpc) is 2.60. The highest BCUT2D eigenvalue weighted by Gasteiger charge is 2.04. The van der Waals surface area contributed by atoms with Gasteiger partial charge in [0, 0.05) is 20.1 Å². The number of rotatable bonds is 1. The highest BCUT2D eigenvalue weighted by molar-refractivity contribution is 14.1. The minimum atomic E-state index is -0.340. The quantitative estimate of drug-likeness (QED) is 0.331. The van der Waals surface area contributed by atoms with Gasteiger partial charge in [-0.25, -0.2) is 4.79 Å². The molecule has 112 valence electrons. The van der Waals surface area contributed by atoms with Gasteiger partial charge >= 0.3 is 5.97 Å². The standard InChI is InChI=1S/C20H13IO2/c1-23-20(22)17-12-9-14(10-13-17)8-11-16-5-2-4-15-6-3-7-18(21)19(15)16/h2-7,9-10,12-13H,1H3. The summed E-state index contributed by atoms with van der Waals surface area (Å²) in [6.07, 6.45) is 0. The molecule has 0 aliphatic carbocycles. The highest BCUT2D eigenvalue weighted by Crippen LogP contribution is 2.23. The molecule has 0 unspecified atom stereocenters. The van der Waals surface area contributed by atoms with Crippen molar-refractivity contribution in [3.05, 3.63) is 80.9 Å². The van der Waals surface area contributed by atoms with Gasteiger partial charge in [-0.2, -0.15) is 0 Å². The van der Waals surface area contributed by atoms with E-state index in [1.54, 1.807) is 12.1 Å². The van der Waals surface area contributed by atoms with Gasteiger partial charge in [0.25, 0.3) is 0 Å². The summed E-state index contributed by atoms with van der Waals surface area (Å²) >= 11 is 2.33. The van der Waals surface area contributed by atoms with Gasteiger partial charge in [0.05, 0.1) is 12.7 Å². The van der Waals surface area contributed by atoms with Gasteiger partial charge in [-0.15, -0.1) is 0 Å². The van der Waals surface area contributed by atoms with Gasteiger partial charge in [0.15, 0.2) is 0 Å². The third kappa shape index (κ3) is 3.38. The first-order chi connectivity index (χ1) is 11.2. The molecule has 2 nitrogen and oxygen atoms in total. The van der Waals surface area contributed by atoms with Crippen molar-refractivity contribution in [3.8, 4) is 11.8 Å². The Bertz CT molecular complexity index is 926. The van der Waals surface area contributed by atoms with Crippen molar-refractivity contribution in [1.29, 1.82) is 0 Å². The average molecular weight is 412 g/mol. The van der Waals surface area contributed by atoms with E-state index in [1.165, 1.54) is 21.5 Å². The maximum Gasteiger partial charge on any atom is 0.337 e. The third-order valence-electron chi connectivity index (χ3n) is 3.50. The maximum absolute atomic E-state index is 11.4. The zero-order chi connectivity index (χ0) is 16.2. The van der Waals surface area contributed by atoms with Crippen LogP contribution < -0.4 is 0 Å². The van der Waals surface area contributed by atoms with Crippen molar-refractivity contribution in [2.75, 3.05) is 7.11 Å². The lowest BCUT2D eigenvalue weighted by atomic mass is 10.0. The summed E-state index contributed by atoms with van der Waals surface area (Å²) < 4.78 is 5.88. The highest BCUT2D eigenvalue weighted by atomic mass is 127. The first kappa shape index (κ1) is 15.6. The van der Waals surface area contributed by atoms with Crippen LogP contribution in [0, 0.1) is 15.4 Å². The normalized spacial score (nSPS) is 10.0. The summed E-state index contributed by atoms with van der Waals surface area (Å²) in [5.74, 6) is 6.06. The molecule has 0 aliphatic heterocycles. The van der Waals surface area contributed by atoms with Crippen LogP contribution >= 0.6 is 22.6 Å². The van der Waals surface area contributed by atoms with Gasteiger partial charge in [-0.1, -0.05) is 36.1 Å². The fourth-order valence-corrected chi connectivity index (χ4v) is 3.16. The first-order valence-corrected chi connectivity index (χ1v) is 8.14. The van der Waals surface area contributed by atoms with E-state index in [2.05, 4.69) is 52.6 Å². The van der Waals surface area contributed by atoms with Crippen LogP contribution in [-0.2, 0) is 4.74 Å². The van der Waals surface area contributed by atoms with Crippen molar-refractivity contribution in [1.82, 2.24) is 0 Å². The number of methoxy groups -OCH3 is 1. The van der Waals surface area contributed by atoms with Crippen LogP contribution in [0.2, 0.25) is 0 Å². The largest absolute Gasteiger partial charge is 0.465 e. The number of halogens is 1. The van der Waals surface area contributed by atoms with Crippen LogP contribution in [0.5, 0.6) is 0 Å². The number of hydrogen-bond donors (Lipinski definition) is 0. The van der Waals surface area contributed by atoms with Crippen molar-refractivity contribution in [2.45, 2.75) is 0 Å². The lowest BCUT2D eigenvalue weighted by molar-refractivity contribution is 0.0601. The molecule has 0 amide bonds. The van der Waals surface area contributed by atoms with E-state index in [-0.39, 0.29) is 5.97 Å². The Morgan fingerprint density at radius 3 is 2.35 bits per heavy atom. The summed E-state index contributed by atoms with van der Waals surface area (Å²) in [7, 11) is 1.37. The summed E-state index contributed by atoms with van der Waals surface area (Å²) in [5.41, 5.74) is 2.39. The van der Waals surface area contributed by atoms with Crippen molar-refractivity contribution in [2.24, 2.45) is 0 Å². The molecule has 3 heteroatoms. The molecule has 0 aromatic heterocycles. The molecule has 0 spiro atoms.